The quantitative estimate of drug-likeness (QED) is 0.350. The first-order valence-corrected chi connectivity index (χ1v) is 7.61. The Hall–Kier alpha value is -1.59. The number of hydrazine groups is 1. The first-order chi connectivity index (χ1) is 10.3. The number of carbonyl (C=O) groups is 1. The second-order valence-electron chi connectivity index (χ2n) is 5.43. The fourth-order valence-electron chi connectivity index (χ4n) is 2.63. The monoisotopic (exact) mass is 292 g/mol. The minimum Gasteiger partial charge on any atom is -0.491 e. The summed E-state index contributed by atoms with van der Waals surface area (Å²) in [5.74, 6) is 6.15. The molecule has 1 saturated carbocycles. The van der Waals surface area contributed by atoms with Gasteiger partial charge in [0.1, 0.15) is 12.4 Å². The third-order valence-electron chi connectivity index (χ3n) is 3.80. The lowest BCUT2D eigenvalue weighted by molar-refractivity contribution is 0.0635. The number of ether oxygens (including phenoxy) is 2. The number of nitrogens with one attached hydrogen (secondary N) is 1. The Bertz CT molecular complexity index is 445. The van der Waals surface area contributed by atoms with Gasteiger partial charge in [0.25, 0.3) is 5.91 Å². The van der Waals surface area contributed by atoms with Gasteiger partial charge in [-0.3, -0.25) is 10.2 Å². The van der Waals surface area contributed by atoms with E-state index in [4.69, 9.17) is 15.3 Å². The van der Waals surface area contributed by atoms with Crippen LogP contribution < -0.4 is 16.0 Å². The number of nitrogens with two attached hydrogens (primary N) is 1. The van der Waals surface area contributed by atoms with Crippen molar-refractivity contribution in [3.8, 4) is 5.75 Å². The molecule has 1 aliphatic carbocycles. The molecule has 1 amide bonds. The van der Waals surface area contributed by atoms with Crippen molar-refractivity contribution in [3.63, 3.8) is 0 Å². The first kappa shape index (κ1) is 15.8. The van der Waals surface area contributed by atoms with Crippen LogP contribution in [-0.4, -0.2) is 25.7 Å². The Morgan fingerprint density at radius 1 is 1.24 bits per heavy atom. The molecule has 1 aromatic rings. The van der Waals surface area contributed by atoms with Crippen LogP contribution in [-0.2, 0) is 4.74 Å². The summed E-state index contributed by atoms with van der Waals surface area (Å²) in [5, 5.41) is 0. The van der Waals surface area contributed by atoms with E-state index in [1.54, 1.807) is 18.2 Å². The third-order valence-corrected chi connectivity index (χ3v) is 3.80. The highest BCUT2D eigenvalue weighted by Crippen LogP contribution is 2.23. The molecule has 0 aliphatic heterocycles. The van der Waals surface area contributed by atoms with E-state index in [-0.39, 0.29) is 5.91 Å². The standard InChI is InChI=1S/C16H24N2O3/c17-18-16(19)14-7-4-8-15(11-14)21-10-9-20-12-13-5-2-1-3-6-13/h4,7-8,11,13H,1-3,5-6,9-10,12,17H2,(H,18,19). The van der Waals surface area contributed by atoms with E-state index in [0.29, 0.717) is 24.5 Å². The molecule has 3 N–H and O–H groups in total. The zero-order chi connectivity index (χ0) is 14.9. The number of benzene rings is 1. The van der Waals surface area contributed by atoms with Crippen LogP contribution in [0.4, 0.5) is 0 Å². The lowest BCUT2D eigenvalue weighted by Crippen LogP contribution is -2.29. The van der Waals surface area contributed by atoms with Crippen LogP contribution in [0.25, 0.3) is 0 Å². The molecule has 0 unspecified atom stereocenters. The van der Waals surface area contributed by atoms with Crippen LogP contribution in [0.1, 0.15) is 42.5 Å². The van der Waals surface area contributed by atoms with Gasteiger partial charge >= 0.3 is 0 Å². The van der Waals surface area contributed by atoms with E-state index in [2.05, 4.69) is 5.43 Å². The molecular formula is C16H24N2O3. The van der Waals surface area contributed by atoms with Crippen molar-refractivity contribution in [1.82, 2.24) is 5.43 Å². The van der Waals surface area contributed by atoms with Gasteiger partial charge < -0.3 is 9.47 Å². The van der Waals surface area contributed by atoms with Crippen LogP contribution in [0.15, 0.2) is 24.3 Å². The van der Waals surface area contributed by atoms with Crippen LogP contribution in [0, 0.1) is 5.92 Å². The number of hydrogen-bond acceptors (Lipinski definition) is 4. The molecule has 0 aromatic heterocycles. The van der Waals surface area contributed by atoms with Crippen LogP contribution >= 0.6 is 0 Å². The largest absolute Gasteiger partial charge is 0.491 e. The first-order valence-electron chi connectivity index (χ1n) is 7.61. The van der Waals surface area contributed by atoms with E-state index < -0.39 is 0 Å². The van der Waals surface area contributed by atoms with E-state index in [1.165, 1.54) is 32.1 Å². The molecule has 5 heteroatoms. The molecule has 0 atom stereocenters. The molecule has 116 valence electrons. The number of amides is 1. The Morgan fingerprint density at radius 2 is 2.05 bits per heavy atom. The van der Waals surface area contributed by atoms with Crippen molar-refractivity contribution in [2.75, 3.05) is 19.8 Å². The summed E-state index contributed by atoms with van der Waals surface area (Å²) in [7, 11) is 0. The number of hydrogen-bond donors (Lipinski definition) is 2. The lowest BCUT2D eigenvalue weighted by Gasteiger charge is -2.21. The van der Waals surface area contributed by atoms with Gasteiger partial charge in [-0.05, 0) is 37.0 Å². The van der Waals surface area contributed by atoms with Crippen LogP contribution in [0.2, 0.25) is 0 Å². The van der Waals surface area contributed by atoms with Gasteiger partial charge in [0.15, 0.2) is 0 Å². The Kier molecular flexibility index (Phi) is 6.50. The van der Waals surface area contributed by atoms with Crippen molar-refractivity contribution in [2.45, 2.75) is 32.1 Å². The van der Waals surface area contributed by atoms with Gasteiger partial charge in [0, 0.05) is 12.2 Å². The fraction of sp³-hybridized carbons (Fsp3) is 0.562. The van der Waals surface area contributed by atoms with Gasteiger partial charge in [-0.15, -0.1) is 0 Å². The smallest absolute Gasteiger partial charge is 0.265 e. The summed E-state index contributed by atoms with van der Waals surface area (Å²) in [6, 6.07) is 6.94. The van der Waals surface area contributed by atoms with E-state index in [0.717, 1.165) is 12.5 Å². The second kappa shape index (κ2) is 8.64. The number of nitrogen functional groups attached to an aromatic ring is 1. The zero-order valence-electron chi connectivity index (χ0n) is 12.3. The van der Waals surface area contributed by atoms with Gasteiger partial charge in [-0.25, -0.2) is 5.84 Å². The summed E-state index contributed by atoms with van der Waals surface area (Å²) >= 11 is 0. The summed E-state index contributed by atoms with van der Waals surface area (Å²) in [6.45, 7) is 1.89. The maximum atomic E-state index is 11.4. The molecular weight excluding hydrogens is 268 g/mol. The van der Waals surface area contributed by atoms with E-state index in [1.807, 2.05) is 6.07 Å². The summed E-state index contributed by atoms with van der Waals surface area (Å²) < 4.78 is 11.3. The molecule has 0 radical (unpaired) electrons. The van der Waals surface area contributed by atoms with Crippen molar-refractivity contribution < 1.29 is 14.3 Å². The topological polar surface area (TPSA) is 73.6 Å². The number of rotatable bonds is 7. The predicted molar refractivity (Wildman–Crippen MR) is 81.0 cm³/mol. The van der Waals surface area contributed by atoms with Crippen molar-refractivity contribution >= 4 is 5.91 Å². The fourth-order valence-corrected chi connectivity index (χ4v) is 2.63. The Balaban J connectivity index is 1.65. The van der Waals surface area contributed by atoms with Crippen molar-refractivity contribution in [3.05, 3.63) is 29.8 Å². The molecule has 5 nitrogen and oxygen atoms in total. The van der Waals surface area contributed by atoms with Crippen LogP contribution in [0.5, 0.6) is 5.75 Å². The zero-order valence-corrected chi connectivity index (χ0v) is 12.3. The molecule has 0 spiro atoms. The van der Waals surface area contributed by atoms with Gasteiger partial charge in [-0.2, -0.15) is 0 Å². The van der Waals surface area contributed by atoms with Crippen LogP contribution in [0.3, 0.4) is 0 Å². The number of carbonyl (C=O) groups excluding carboxylic acids is 1. The van der Waals surface area contributed by atoms with Gasteiger partial charge in [0.05, 0.1) is 6.61 Å². The summed E-state index contributed by atoms with van der Waals surface area (Å²) in [5.41, 5.74) is 2.59. The maximum absolute atomic E-state index is 11.4. The minimum atomic E-state index is -0.325. The third kappa shape index (κ3) is 5.36. The molecule has 1 aromatic carbocycles. The molecule has 1 fully saturated rings. The molecule has 21 heavy (non-hydrogen) atoms. The maximum Gasteiger partial charge on any atom is 0.265 e. The highest BCUT2D eigenvalue weighted by molar-refractivity contribution is 5.94. The second-order valence-corrected chi connectivity index (χ2v) is 5.43. The summed E-state index contributed by atoms with van der Waals surface area (Å²) in [4.78, 5) is 11.4. The van der Waals surface area contributed by atoms with Gasteiger partial charge in [0.2, 0.25) is 0 Å². The Morgan fingerprint density at radius 3 is 2.81 bits per heavy atom. The average molecular weight is 292 g/mol. The lowest BCUT2D eigenvalue weighted by atomic mass is 9.90. The molecule has 1 aliphatic rings. The predicted octanol–water partition coefficient (Wildman–Crippen LogP) is 2.27. The van der Waals surface area contributed by atoms with Crippen molar-refractivity contribution in [2.24, 2.45) is 11.8 Å². The summed E-state index contributed by atoms with van der Waals surface area (Å²) in [6.07, 6.45) is 6.61. The highest BCUT2D eigenvalue weighted by atomic mass is 16.5. The van der Waals surface area contributed by atoms with E-state index >= 15 is 0 Å². The Labute approximate surface area is 125 Å². The molecule has 0 bridgehead atoms. The molecule has 0 saturated heterocycles. The molecule has 2 rings (SSSR count). The normalized spacial score (nSPS) is 15.7. The van der Waals surface area contributed by atoms with E-state index in [9.17, 15) is 4.79 Å². The minimum absolute atomic E-state index is 0.325. The average Bonchev–Trinajstić information content (AvgIpc) is 2.55. The van der Waals surface area contributed by atoms with Gasteiger partial charge in [-0.1, -0.05) is 25.3 Å². The highest BCUT2D eigenvalue weighted by Gasteiger charge is 2.13. The van der Waals surface area contributed by atoms with Crippen molar-refractivity contribution in [1.29, 1.82) is 0 Å². The molecule has 0 heterocycles. The SMILES string of the molecule is NNC(=O)c1cccc(OCCOCC2CCCCC2)c1.